The Balaban J connectivity index is 1.00. The second-order valence-corrected chi connectivity index (χ2v) is 15.1. The largest absolute Gasteiger partial charge is 0.456 e. The summed E-state index contributed by atoms with van der Waals surface area (Å²) in [5.74, 6) is 0. The van der Waals surface area contributed by atoms with Gasteiger partial charge in [-0.05, 0) is 87.8 Å². The Kier molecular flexibility index (Phi) is 7.39. The predicted molar refractivity (Wildman–Crippen MR) is 235 cm³/mol. The minimum atomic E-state index is 0.909. The zero-order chi connectivity index (χ0) is 36.3. The molecular weight excluding hydrogens is 687 g/mol. The highest BCUT2D eigenvalue weighted by atomic mass is 32.1. The van der Waals surface area contributed by atoms with Gasteiger partial charge >= 0.3 is 0 Å². The number of benzene rings is 9. The molecule has 2 heterocycles. The van der Waals surface area contributed by atoms with Gasteiger partial charge in [-0.3, -0.25) is 0 Å². The van der Waals surface area contributed by atoms with Crippen LogP contribution in [-0.2, 0) is 0 Å². The van der Waals surface area contributed by atoms with Gasteiger partial charge < -0.3 is 9.32 Å². The van der Waals surface area contributed by atoms with Gasteiger partial charge in [0.2, 0.25) is 0 Å². The fourth-order valence-electron chi connectivity index (χ4n) is 8.26. The van der Waals surface area contributed by atoms with Gasteiger partial charge in [0.1, 0.15) is 11.2 Å². The molecule has 0 radical (unpaired) electrons. The van der Waals surface area contributed by atoms with Crippen molar-refractivity contribution in [3.63, 3.8) is 0 Å². The zero-order valence-corrected chi connectivity index (χ0v) is 30.6. The first-order valence-corrected chi connectivity index (χ1v) is 19.5. The molecule has 258 valence electrons. The summed E-state index contributed by atoms with van der Waals surface area (Å²) in [5, 5.41) is 7.33. The maximum Gasteiger partial charge on any atom is 0.135 e. The highest BCUT2D eigenvalue weighted by Gasteiger charge is 2.18. The van der Waals surface area contributed by atoms with Crippen molar-refractivity contribution < 1.29 is 4.42 Å². The van der Waals surface area contributed by atoms with Crippen LogP contribution in [0.2, 0.25) is 0 Å². The van der Waals surface area contributed by atoms with Crippen LogP contribution in [0.25, 0.3) is 86.3 Å². The lowest BCUT2D eigenvalue weighted by Gasteiger charge is -2.27. The lowest BCUT2D eigenvalue weighted by atomic mass is 9.93. The monoisotopic (exact) mass is 719 g/mol. The lowest BCUT2D eigenvalue weighted by molar-refractivity contribution is 0.669. The van der Waals surface area contributed by atoms with E-state index in [0.717, 1.165) is 50.1 Å². The quantitative estimate of drug-likeness (QED) is 0.170. The van der Waals surface area contributed by atoms with Gasteiger partial charge in [-0.1, -0.05) is 146 Å². The lowest BCUT2D eigenvalue weighted by Crippen LogP contribution is -2.10. The average Bonchev–Trinajstić information content (AvgIpc) is 3.83. The highest BCUT2D eigenvalue weighted by Crippen LogP contribution is 2.44. The average molecular weight is 720 g/mol. The van der Waals surface area contributed by atoms with Crippen LogP contribution in [0.5, 0.6) is 0 Å². The molecule has 0 unspecified atom stereocenters. The number of hydrogen-bond donors (Lipinski definition) is 0. The third-order valence-corrected chi connectivity index (χ3v) is 12.1. The van der Waals surface area contributed by atoms with E-state index in [1.165, 1.54) is 53.2 Å². The number of thiophene rings is 1. The molecular formula is C52H33NOS. The van der Waals surface area contributed by atoms with E-state index in [2.05, 4.69) is 193 Å². The molecule has 11 rings (SSSR count). The van der Waals surface area contributed by atoms with Gasteiger partial charge in [-0.15, -0.1) is 11.3 Å². The molecule has 0 saturated carbocycles. The van der Waals surface area contributed by atoms with Gasteiger partial charge in [-0.2, -0.15) is 0 Å². The Labute approximate surface area is 322 Å². The molecule has 0 aliphatic rings. The zero-order valence-electron chi connectivity index (χ0n) is 29.8. The van der Waals surface area contributed by atoms with Crippen LogP contribution in [0.3, 0.4) is 0 Å². The molecule has 0 fully saturated rings. The summed E-state index contributed by atoms with van der Waals surface area (Å²) in [6.45, 7) is 0. The van der Waals surface area contributed by atoms with Crippen molar-refractivity contribution in [2.45, 2.75) is 0 Å². The van der Waals surface area contributed by atoms with Crippen molar-refractivity contribution in [2.24, 2.45) is 0 Å². The molecule has 9 aromatic carbocycles. The summed E-state index contributed by atoms with van der Waals surface area (Å²) in [4.78, 5) is 2.38. The van der Waals surface area contributed by atoms with Crippen molar-refractivity contribution in [1.82, 2.24) is 0 Å². The Morgan fingerprint density at radius 1 is 0.364 bits per heavy atom. The van der Waals surface area contributed by atoms with Crippen molar-refractivity contribution >= 4 is 81.3 Å². The van der Waals surface area contributed by atoms with Crippen LogP contribution in [0, 0.1) is 0 Å². The minimum absolute atomic E-state index is 0.909. The first kappa shape index (κ1) is 31.6. The van der Waals surface area contributed by atoms with Gasteiger partial charge in [0.05, 0.1) is 5.69 Å². The van der Waals surface area contributed by atoms with E-state index in [1.54, 1.807) is 0 Å². The molecule has 0 aliphatic carbocycles. The summed E-state index contributed by atoms with van der Waals surface area (Å²) in [5.41, 5.74) is 12.4. The summed E-state index contributed by atoms with van der Waals surface area (Å²) in [6.07, 6.45) is 0. The van der Waals surface area contributed by atoms with Crippen molar-refractivity contribution in [3.05, 3.63) is 200 Å². The maximum atomic E-state index is 6.11. The number of rotatable bonds is 6. The fraction of sp³-hybridized carbons (Fsp3) is 0. The second-order valence-electron chi connectivity index (χ2n) is 14.1. The number of fused-ring (bicyclic) bond motifs is 7. The maximum absolute atomic E-state index is 6.11. The van der Waals surface area contributed by atoms with Crippen molar-refractivity contribution in [2.75, 3.05) is 4.90 Å². The number of nitrogens with zero attached hydrogens (tertiary/aromatic N) is 1. The number of para-hydroxylation sites is 1. The molecule has 0 N–H and O–H groups in total. The Morgan fingerprint density at radius 2 is 0.945 bits per heavy atom. The van der Waals surface area contributed by atoms with E-state index < -0.39 is 0 Å². The van der Waals surface area contributed by atoms with Crippen molar-refractivity contribution in [3.8, 4) is 33.4 Å². The molecule has 0 atom stereocenters. The molecule has 0 spiro atoms. The van der Waals surface area contributed by atoms with E-state index >= 15 is 0 Å². The van der Waals surface area contributed by atoms with Crippen LogP contribution in [0.4, 0.5) is 17.1 Å². The first-order chi connectivity index (χ1) is 27.3. The Hall–Kier alpha value is -6.94. The minimum Gasteiger partial charge on any atom is -0.456 e. The van der Waals surface area contributed by atoms with Gasteiger partial charge in [-0.25, -0.2) is 0 Å². The molecule has 0 bridgehead atoms. The molecule has 2 nitrogen and oxygen atoms in total. The molecule has 0 aliphatic heterocycles. The molecule has 3 heteroatoms. The summed E-state index contributed by atoms with van der Waals surface area (Å²) >= 11 is 1.88. The van der Waals surface area contributed by atoms with Gasteiger partial charge in [0.15, 0.2) is 0 Å². The summed E-state index contributed by atoms with van der Waals surface area (Å²) < 4.78 is 8.76. The first-order valence-electron chi connectivity index (χ1n) is 18.7. The van der Waals surface area contributed by atoms with Gasteiger partial charge in [0, 0.05) is 53.3 Å². The third kappa shape index (κ3) is 5.32. The summed E-state index contributed by atoms with van der Waals surface area (Å²) in [7, 11) is 0. The topological polar surface area (TPSA) is 16.4 Å². The van der Waals surface area contributed by atoms with E-state index in [4.69, 9.17) is 4.42 Å². The number of hydrogen-bond acceptors (Lipinski definition) is 3. The molecule has 0 amide bonds. The molecule has 11 aromatic rings. The molecule has 0 saturated heterocycles. The number of anilines is 3. The fourth-order valence-corrected chi connectivity index (χ4v) is 9.49. The standard InChI is InChI=1S/C52H33NOS/c1-2-14-41-35(11-1)12-9-20-48(41)53(38-28-23-34(24-29-38)37-27-32-50-47(33-37)43-16-5-7-21-49(43)54-50)39-30-25-36(26-31-39)40-13-3-4-15-42(40)45-18-10-19-46-44-17-6-8-22-51(44)55-52(45)46/h1-33H. The molecule has 2 aromatic heterocycles. The summed E-state index contributed by atoms with van der Waals surface area (Å²) in [6, 6.07) is 72.2. The van der Waals surface area contributed by atoms with E-state index in [9.17, 15) is 0 Å². The van der Waals surface area contributed by atoms with Crippen molar-refractivity contribution in [1.29, 1.82) is 0 Å². The third-order valence-electron chi connectivity index (χ3n) is 10.9. The van der Waals surface area contributed by atoms with Crippen LogP contribution >= 0.6 is 11.3 Å². The van der Waals surface area contributed by atoms with Crippen LogP contribution < -0.4 is 4.90 Å². The Bertz CT molecular complexity index is 3200. The number of furan rings is 1. The highest BCUT2D eigenvalue weighted by molar-refractivity contribution is 7.26. The molecule has 55 heavy (non-hydrogen) atoms. The van der Waals surface area contributed by atoms with E-state index in [1.807, 2.05) is 23.5 Å². The smallest absolute Gasteiger partial charge is 0.135 e. The second kappa shape index (κ2) is 12.9. The normalized spacial score (nSPS) is 11.6. The van der Waals surface area contributed by atoms with Crippen LogP contribution in [0.1, 0.15) is 0 Å². The van der Waals surface area contributed by atoms with Crippen LogP contribution in [0.15, 0.2) is 205 Å². The van der Waals surface area contributed by atoms with E-state index in [-0.39, 0.29) is 0 Å². The van der Waals surface area contributed by atoms with Gasteiger partial charge in [0.25, 0.3) is 0 Å². The van der Waals surface area contributed by atoms with E-state index in [0.29, 0.717) is 0 Å². The van der Waals surface area contributed by atoms with Crippen LogP contribution in [-0.4, -0.2) is 0 Å². The Morgan fingerprint density at radius 3 is 1.78 bits per heavy atom. The predicted octanol–water partition coefficient (Wildman–Crippen LogP) is 15.6. The SMILES string of the molecule is c1ccc(-c2cccc3c2sc2ccccc23)c(-c2ccc(N(c3ccc(-c4ccc5oc6ccccc6c5c4)cc3)c3cccc4ccccc34)cc2)c1.